The number of ether oxygens (including phenoxy) is 1. The molecule has 0 radical (unpaired) electrons. The van der Waals surface area contributed by atoms with Gasteiger partial charge in [-0.2, -0.15) is 0 Å². The maximum Gasteiger partial charge on any atom is 0.317 e. The normalized spacial score (nSPS) is 11.6. The Morgan fingerprint density at radius 1 is 1.19 bits per heavy atom. The minimum atomic E-state index is -0.861. The average molecular weight is 373 g/mol. The van der Waals surface area contributed by atoms with Crippen molar-refractivity contribution in [2.24, 2.45) is 5.41 Å². The zero-order chi connectivity index (χ0) is 20.0. The molecule has 0 aliphatic rings. The van der Waals surface area contributed by atoms with Crippen molar-refractivity contribution >= 4 is 5.97 Å². The van der Waals surface area contributed by atoms with Crippen molar-refractivity contribution in [1.29, 1.82) is 0 Å². The second kappa shape index (κ2) is 9.00. The van der Waals surface area contributed by atoms with Gasteiger partial charge in [-0.3, -0.25) is 9.69 Å². The van der Waals surface area contributed by atoms with E-state index in [2.05, 4.69) is 20.8 Å². The molecule has 0 saturated heterocycles. The maximum atomic E-state index is 14.2. The van der Waals surface area contributed by atoms with Crippen LogP contribution in [0.2, 0.25) is 0 Å². The summed E-state index contributed by atoms with van der Waals surface area (Å²) in [6.45, 7) is 7.31. The Bertz CT molecular complexity index is 783. The van der Waals surface area contributed by atoms with Crippen LogP contribution in [-0.4, -0.2) is 42.7 Å². The topological polar surface area (TPSA) is 49.8 Å². The van der Waals surface area contributed by atoms with Crippen molar-refractivity contribution in [2.45, 2.75) is 27.2 Å². The van der Waals surface area contributed by atoms with Gasteiger partial charge in [0.15, 0.2) is 0 Å². The van der Waals surface area contributed by atoms with Crippen LogP contribution in [0, 0.1) is 11.2 Å². The average Bonchev–Trinajstić information content (AvgIpc) is 2.54. The summed E-state index contributed by atoms with van der Waals surface area (Å²) in [6.07, 6.45) is 0.787. The molecule has 1 N–H and O–H groups in total. The lowest BCUT2D eigenvalue weighted by Gasteiger charge is -2.22. The Balaban J connectivity index is 2.21. The number of aliphatic carboxylic acids is 1. The lowest BCUT2D eigenvalue weighted by molar-refractivity contribution is -0.138. The summed E-state index contributed by atoms with van der Waals surface area (Å²) in [4.78, 5) is 12.4. The molecule has 0 fully saturated rings. The van der Waals surface area contributed by atoms with Gasteiger partial charge in [0.05, 0.1) is 6.54 Å². The molecule has 5 heteroatoms. The quantitative estimate of drug-likeness (QED) is 0.741. The van der Waals surface area contributed by atoms with Gasteiger partial charge in [0.2, 0.25) is 0 Å². The Hall–Kier alpha value is -2.40. The lowest BCUT2D eigenvalue weighted by Crippen LogP contribution is -2.29. The predicted octanol–water partition coefficient (Wildman–Crippen LogP) is 4.48. The fourth-order valence-electron chi connectivity index (χ4n) is 2.91. The first-order valence-electron chi connectivity index (χ1n) is 9.07. The van der Waals surface area contributed by atoms with Crippen LogP contribution in [-0.2, 0) is 11.2 Å². The molecule has 2 aromatic rings. The summed E-state index contributed by atoms with van der Waals surface area (Å²) in [5, 5.41) is 8.82. The summed E-state index contributed by atoms with van der Waals surface area (Å²) >= 11 is 0. The highest BCUT2D eigenvalue weighted by atomic mass is 19.1. The molecule has 0 aliphatic heterocycles. The fraction of sp³-hybridized carbons (Fsp3) is 0.409. The molecular weight excluding hydrogens is 345 g/mol. The molecule has 146 valence electrons. The number of hydrogen-bond acceptors (Lipinski definition) is 3. The minimum absolute atomic E-state index is 0.0234. The molecular formula is C22H28FNO3. The van der Waals surface area contributed by atoms with Crippen LogP contribution >= 0.6 is 0 Å². The van der Waals surface area contributed by atoms with Crippen LogP contribution in [0.3, 0.4) is 0 Å². The molecule has 0 saturated carbocycles. The van der Waals surface area contributed by atoms with Gasteiger partial charge >= 0.3 is 5.97 Å². The largest absolute Gasteiger partial charge is 0.492 e. The Kier molecular flexibility index (Phi) is 6.97. The first kappa shape index (κ1) is 20.9. The van der Waals surface area contributed by atoms with E-state index in [-0.39, 0.29) is 17.8 Å². The Morgan fingerprint density at radius 2 is 1.89 bits per heavy atom. The van der Waals surface area contributed by atoms with Crippen LogP contribution in [0.5, 0.6) is 5.75 Å². The highest BCUT2D eigenvalue weighted by Gasteiger charge is 2.17. The monoisotopic (exact) mass is 373 g/mol. The van der Waals surface area contributed by atoms with Gasteiger partial charge < -0.3 is 9.84 Å². The molecule has 0 aromatic heterocycles. The SMILES string of the molecule is CN(CCOc1ccc(-c2ccccc2F)cc1CC(C)(C)C)CC(=O)O. The minimum Gasteiger partial charge on any atom is -0.492 e. The first-order chi connectivity index (χ1) is 12.7. The zero-order valence-corrected chi connectivity index (χ0v) is 16.5. The molecule has 0 heterocycles. The molecule has 0 amide bonds. The van der Waals surface area contributed by atoms with Crippen molar-refractivity contribution in [3.05, 3.63) is 53.8 Å². The van der Waals surface area contributed by atoms with Crippen LogP contribution < -0.4 is 4.74 Å². The van der Waals surface area contributed by atoms with Gasteiger partial charge in [-0.25, -0.2) is 4.39 Å². The molecule has 0 spiro atoms. The van der Waals surface area contributed by atoms with E-state index in [0.717, 1.165) is 23.3 Å². The number of benzene rings is 2. The summed E-state index contributed by atoms with van der Waals surface area (Å²) < 4.78 is 20.1. The number of carbonyl (C=O) groups is 1. The number of carboxylic acids is 1. The van der Waals surface area contributed by atoms with E-state index in [1.54, 1.807) is 24.1 Å². The fourth-order valence-corrected chi connectivity index (χ4v) is 2.91. The number of hydrogen-bond donors (Lipinski definition) is 1. The third-order valence-corrected chi connectivity index (χ3v) is 4.10. The van der Waals surface area contributed by atoms with Gasteiger partial charge in [-0.05, 0) is 48.2 Å². The third-order valence-electron chi connectivity index (χ3n) is 4.10. The first-order valence-corrected chi connectivity index (χ1v) is 9.07. The van der Waals surface area contributed by atoms with Crippen LogP contribution in [0.4, 0.5) is 4.39 Å². The number of halogens is 1. The predicted molar refractivity (Wildman–Crippen MR) is 106 cm³/mol. The van der Waals surface area contributed by atoms with E-state index in [0.29, 0.717) is 18.7 Å². The summed E-state index contributed by atoms with van der Waals surface area (Å²) in [5.74, 6) is -0.350. The number of rotatable bonds is 8. The van der Waals surface area contributed by atoms with Crippen molar-refractivity contribution in [2.75, 3.05) is 26.7 Å². The molecule has 0 aliphatic carbocycles. The standard InChI is InChI=1S/C22H28FNO3/c1-22(2,3)14-17-13-16(18-7-5-6-8-19(18)23)9-10-20(17)27-12-11-24(4)15-21(25)26/h5-10,13H,11-12,14-15H2,1-4H3,(H,25,26). The van der Waals surface area contributed by atoms with Crippen molar-refractivity contribution < 1.29 is 19.0 Å². The molecule has 2 aromatic carbocycles. The smallest absolute Gasteiger partial charge is 0.317 e. The molecule has 27 heavy (non-hydrogen) atoms. The van der Waals surface area contributed by atoms with Gasteiger partial charge in [-0.1, -0.05) is 45.0 Å². The highest BCUT2D eigenvalue weighted by molar-refractivity contribution is 5.69. The molecule has 4 nitrogen and oxygen atoms in total. The van der Waals surface area contributed by atoms with Crippen LogP contribution in [0.15, 0.2) is 42.5 Å². The Labute approximate surface area is 160 Å². The second-order valence-electron chi connectivity index (χ2n) is 8.02. The number of carboxylic acid groups (broad SMARTS) is 1. The van der Waals surface area contributed by atoms with E-state index in [4.69, 9.17) is 9.84 Å². The van der Waals surface area contributed by atoms with Crippen molar-refractivity contribution in [3.8, 4) is 16.9 Å². The van der Waals surface area contributed by atoms with Gasteiger partial charge in [0.25, 0.3) is 0 Å². The molecule has 2 rings (SSSR count). The molecule has 0 bridgehead atoms. The number of likely N-dealkylation sites (N-methyl/N-ethyl adjacent to an activating group) is 1. The second-order valence-corrected chi connectivity index (χ2v) is 8.02. The maximum absolute atomic E-state index is 14.2. The highest BCUT2D eigenvalue weighted by Crippen LogP contribution is 2.32. The van der Waals surface area contributed by atoms with E-state index in [1.165, 1.54) is 6.07 Å². The van der Waals surface area contributed by atoms with Crippen molar-refractivity contribution in [3.63, 3.8) is 0 Å². The van der Waals surface area contributed by atoms with E-state index in [9.17, 15) is 9.18 Å². The van der Waals surface area contributed by atoms with E-state index < -0.39 is 5.97 Å². The van der Waals surface area contributed by atoms with E-state index in [1.807, 2.05) is 24.3 Å². The van der Waals surface area contributed by atoms with Crippen LogP contribution in [0.25, 0.3) is 11.1 Å². The molecule has 0 atom stereocenters. The van der Waals surface area contributed by atoms with E-state index >= 15 is 0 Å². The lowest BCUT2D eigenvalue weighted by atomic mass is 9.86. The summed E-state index contributed by atoms with van der Waals surface area (Å²) in [5.41, 5.74) is 2.46. The number of nitrogens with zero attached hydrogens (tertiary/aromatic N) is 1. The Morgan fingerprint density at radius 3 is 2.52 bits per heavy atom. The molecule has 0 unspecified atom stereocenters. The third kappa shape index (κ3) is 6.68. The van der Waals surface area contributed by atoms with Gasteiger partial charge in [0, 0.05) is 12.1 Å². The van der Waals surface area contributed by atoms with Crippen molar-refractivity contribution in [1.82, 2.24) is 4.90 Å². The van der Waals surface area contributed by atoms with Gasteiger partial charge in [0.1, 0.15) is 18.2 Å². The van der Waals surface area contributed by atoms with Crippen LogP contribution in [0.1, 0.15) is 26.3 Å². The summed E-state index contributed by atoms with van der Waals surface area (Å²) in [6, 6.07) is 12.5. The van der Waals surface area contributed by atoms with Gasteiger partial charge in [-0.15, -0.1) is 0 Å². The zero-order valence-electron chi connectivity index (χ0n) is 16.5. The summed E-state index contributed by atoms with van der Waals surface area (Å²) in [7, 11) is 1.74.